The fourth-order valence-electron chi connectivity index (χ4n) is 3.92. The number of hydrogen-bond acceptors (Lipinski definition) is 5. The number of pyridine rings is 1. The summed E-state index contributed by atoms with van der Waals surface area (Å²) in [6.45, 7) is 3.18. The number of piperidine rings is 1. The van der Waals surface area contributed by atoms with E-state index in [9.17, 15) is 8.42 Å². The number of sulfonamides is 1. The Bertz CT molecular complexity index is 1090. The van der Waals surface area contributed by atoms with E-state index in [1.807, 2.05) is 31.2 Å². The normalized spacial score (nSPS) is 16.6. The second-order valence-electron chi connectivity index (χ2n) is 7.08. The van der Waals surface area contributed by atoms with Crippen LogP contribution in [0.4, 0.5) is 0 Å². The first-order valence-corrected chi connectivity index (χ1v) is 10.8. The molecule has 1 aliphatic rings. The maximum atomic E-state index is 13.1. The maximum Gasteiger partial charge on any atom is 0.243 e. The van der Waals surface area contributed by atoms with Crippen LogP contribution in [-0.2, 0) is 21.4 Å². The van der Waals surface area contributed by atoms with E-state index in [-0.39, 0.29) is 6.04 Å². The van der Waals surface area contributed by atoms with Crippen LogP contribution in [0.1, 0.15) is 30.3 Å². The lowest BCUT2D eigenvalue weighted by Gasteiger charge is -2.33. The Balaban J connectivity index is 1.59. The minimum absolute atomic E-state index is 0.147. The summed E-state index contributed by atoms with van der Waals surface area (Å²) in [6, 6.07) is 11.1. The Labute approximate surface area is 165 Å². The number of rotatable bonds is 5. The van der Waals surface area contributed by atoms with Crippen molar-refractivity contribution in [1.29, 1.82) is 0 Å². The Kier molecular flexibility index (Phi) is 5.18. The number of aromatic nitrogens is 3. The third kappa shape index (κ3) is 3.32. The monoisotopic (exact) mass is 400 g/mol. The Morgan fingerprint density at radius 3 is 2.61 bits per heavy atom. The molecule has 0 amide bonds. The Morgan fingerprint density at radius 1 is 1.14 bits per heavy atom. The number of fused-ring (bicyclic) bond motifs is 1. The van der Waals surface area contributed by atoms with Gasteiger partial charge in [-0.3, -0.25) is 0 Å². The number of ether oxygens (including phenoxy) is 1. The molecule has 0 unspecified atom stereocenters. The van der Waals surface area contributed by atoms with Crippen LogP contribution in [0.15, 0.2) is 47.5 Å². The molecule has 148 valence electrons. The summed E-state index contributed by atoms with van der Waals surface area (Å²) in [4.78, 5) is 9.54. The molecule has 1 saturated heterocycles. The average molecular weight is 401 g/mol. The van der Waals surface area contributed by atoms with Crippen LogP contribution >= 0.6 is 0 Å². The van der Waals surface area contributed by atoms with Crippen molar-refractivity contribution in [2.24, 2.45) is 0 Å². The largest absolute Gasteiger partial charge is 0.377 e. The zero-order chi connectivity index (χ0) is 19.7. The first-order chi connectivity index (χ1) is 13.5. The Hall–Kier alpha value is -2.29. The van der Waals surface area contributed by atoms with Gasteiger partial charge in [-0.15, -0.1) is 0 Å². The van der Waals surface area contributed by atoms with Crippen molar-refractivity contribution in [2.45, 2.75) is 37.3 Å². The van der Waals surface area contributed by atoms with Gasteiger partial charge >= 0.3 is 0 Å². The lowest BCUT2D eigenvalue weighted by molar-refractivity contribution is 0.168. The molecule has 1 aromatic carbocycles. The molecule has 0 aliphatic carbocycles. The van der Waals surface area contributed by atoms with E-state index in [2.05, 4.69) is 14.5 Å². The number of hydrogen-bond donors (Lipinski definition) is 0. The van der Waals surface area contributed by atoms with Gasteiger partial charge in [-0.1, -0.05) is 18.2 Å². The van der Waals surface area contributed by atoms with Gasteiger partial charge in [-0.25, -0.2) is 18.4 Å². The van der Waals surface area contributed by atoms with Crippen LogP contribution in [0.2, 0.25) is 0 Å². The summed E-state index contributed by atoms with van der Waals surface area (Å²) in [5.41, 5.74) is 2.44. The van der Waals surface area contributed by atoms with Gasteiger partial charge in [-0.2, -0.15) is 4.31 Å². The topological polar surface area (TPSA) is 77.3 Å². The number of benzene rings is 1. The second kappa shape index (κ2) is 7.62. The van der Waals surface area contributed by atoms with E-state index in [1.165, 1.54) is 0 Å². The predicted octanol–water partition coefficient (Wildman–Crippen LogP) is 2.91. The smallest absolute Gasteiger partial charge is 0.243 e. The molecule has 3 aromatic rings. The molecule has 1 fully saturated rings. The average Bonchev–Trinajstić information content (AvgIpc) is 3.06. The van der Waals surface area contributed by atoms with Crippen molar-refractivity contribution in [1.82, 2.24) is 18.8 Å². The molecule has 0 bridgehead atoms. The van der Waals surface area contributed by atoms with Gasteiger partial charge in [-0.05, 0) is 43.5 Å². The molecule has 8 heteroatoms. The van der Waals surface area contributed by atoms with Crippen LogP contribution in [0, 0.1) is 6.92 Å². The predicted molar refractivity (Wildman–Crippen MR) is 106 cm³/mol. The van der Waals surface area contributed by atoms with Crippen molar-refractivity contribution >= 4 is 21.2 Å². The Morgan fingerprint density at radius 2 is 1.89 bits per heavy atom. The standard InChI is InChI=1S/C20H24N4O3S/c1-15-6-3-4-8-18(15)28(25,26)23-12-9-16(10-13-23)24-19(14-27-2)22-17-7-5-11-21-20(17)24/h3-8,11,16H,9-10,12-14H2,1-2H3. The summed E-state index contributed by atoms with van der Waals surface area (Å²) >= 11 is 0. The summed E-state index contributed by atoms with van der Waals surface area (Å²) in [5, 5.41) is 0. The molecule has 0 saturated carbocycles. The molecule has 4 rings (SSSR count). The molecule has 0 N–H and O–H groups in total. The van der Waals surface area contributed by atoms with E-state index in [4.69, 9.17) is 4.74 Å². The zero-order valence-corrected chi connectivity index (χ0v) is 16.9. The highest BCUT2D eigenvalue weighted by molar-refractivity contribution is 7.89. The van der Waals surface area contributed by atoms with E-state index in [0.717, 1.165) is 22.6 Å². The summed E-state index contributed by atoms with van der Waals surface area (Å²) in [5.74, 6) is 0.830. The summed E-state index contributed by atoms with van der Waals surface area (Å²) < 4.78 is 35.1. The fourth-order valence-corrected chi connectivity index (χ4v) is 5.61. The van der Waals surface area contributed by atoms with Gasteiger partial charge in [0.15, 0.2) is 5.65 Å². The highest BCUT2D eigenvalue weighted by atomic mass is 32.2. The van der Waals surface area contributed by atoms with Gasteiger partial charge in [0.25, 0.3) is 0 Å². The molecule has 0 atom stereocenters. The third-order valence-electron chi connectivity index (χ3n) is 5.30. The zero-order valence-electron chi connectivity index (χ0n) is 16.1. The van der Waals surface area contributed by atoms with Crippen LogP contribution in [0.25, 0.3) is 11.2 Å². The van der Waals surface area contributed by atoms with E-state index >= 15 is 0 Å². The lowest BCUT2D eigenvalue weighted by Crippen LogP contribution is -2.39. The van der Waals surface area contributed by atoms with Gasteiger partial charge in [0.05, 0.1) is 4.90 Å². The minimum Gasteiger partial charge on any atom is -0.377 e. The molecule has 2 aromatic heterocycles. The van der Waals surface area contributed by atoms with Gasteiger partial charge < -0.3 is 9.30 Å². The second-order valence-corrected chi connectivity index (χ2v) is 8.98. The van der Waals surface area contributed by atoms with E-state index in [1.54, 1.807) is 29.7 Å². The molecule has 28 heavy (non-hydrogen) atoms. The number of nitrogens with zero attached hydrogens (tertiary/aromatic N) is 4. The molecular formula is C20H24N4O3S. The molecule has 3 heterocycles. The molecule has 0 spiro atoms. The van der Waals surface area contributed by atoms with Gasteiger partial charge in [0.1, 0.15) is 17.9 Å². The van der Waals surface area contributed by atoms with E-state index < -0.39 is 10.0 Å². The van der Waals surface area contributed by atoms with Crippen molar-refractivity contribution in [3.63, 3.8) is 0 Å². The summed E-state index contributed by atoms with van der Waals surface area (Å²) in [6.07, 6.45) is 3.18. The first-order valence-electron chi connectivity index (χ1n) is 9.39. The first kappa shape index (κ1) is 19.0. The molecule has 7 nitrogen and oxygen atoms in total. The molecule has 0 radical (unpaired) electrons. The van der Waals surface area contributed by atoms with Crippen molar-refractivity contribution < 1.29 is 13.2 Å². The van der Waals surface area contributed by atoms with Crippen molar-refractivity contribution in [3.05, 3.63) is 54.0 Å². The van der Waals surface area contributed by atoms with Crippen LogP contribution < -0.4 is 0 Å². The van der Waals surface area contributed by atoms with Crippen LogP contribution in [-0.4, -0.2) is 47.5 Å². The van der Waals surface area contributed by atoms with Crippen LogP contribution in [0.3, 0.4) is 0 Å². The highest BCUT2D eigenvalue weighted by Crippen LogP contribution is 2.31. The minimum atomic E-state index is -3.48. The fraction of sp³-hybridized carbons (Fsp3) is 0.400. The molecule has 1 aliphatic heterocycles. The van der Waals surface area contributed by atoms with Crippen molar-refractivity contribution in [3.8, 4) is 0 Å². The number of imidazole rings is 1. The number of aryl methyl sites for hydroxylation is 1. The van der Waals surface area contributed by atoms with Gasteiger partial charge in [0.2, 0.25) is 10.0 Å². The highest BCUT2D eigenvalue weighted by Gasteiger charge is 2.32. The third-order valence-corrected chi connectivity index (χ3v) is 7.35. The quantitative estimate of drug-likeness (QED) is 0.658. The van der Waals surface area contributed by atoms with Gasteiger partial charge in [0, 0.05) is 32.4 Å². The van der Waals surface area contributed by atoms with E-state index in [0.29, 0.717) is 37.4 Å². The molecular weight excluding hydrogens is 376 g/mol. The maximum absolute atomic E-state index is 13.1. The lowest BCUT2D eigenvalue weighted by atomic mass is 10.1. The summed E-state index contributed by atoms with van der Waals surface area (Å²) in [7, 11) is -1.83. The SMILES string of the molecule is COCc1nc2cccnc2n1C1CCN(S(=O)(=O)c2ccccc2C)CC1. The van der Waals surface area contributed by atoms with Crippen LogP contribution in [0.5, 0.6) is 0 Å². The number of methoxy groups -OCH3 is 1. The van der Waals surface area contributed by atoms with Crippen molar-refractivity contribution in [2.75, 3.05) is 20.2 Å².